The highest BCUT2D eigenvalue weighted by Gasteiger charge is 2.53. The van der Waals surface area contributed by atoms with Crippen LogP contribution in [0.4, 0.5) is 0 Å². The maximum atomic E-state index is 4.09. The van der Waals surface area contributed by atoms with Crippen LogP contribution in [-0.2, 0) is 0 Å². The Morgan fingerprint density at radius 1 is 0.900 bits per heavy atom. The van der Waals surface area contributed by atoms with Crippen LogP contribution in [0.2, 0.25) is 0 Å². The Labute approximate surface area is 124 Å². The lowest BCUT2D eigenvalue weighted by molar-refractivity contribution is 0.137. The van der Waals surface area contributed by atoms with Gasteiger partial charge in [0.1, 0.15) is 0 Å². The molecule has 1 saturated heterocycles. The zero-order valence-corrected chi connectivity index (χ0v) is 13.4. The molecule has 0 radical (unpaired) electrons. The van der Waals surface area contributed by atoms with Gasteiger partial charge in [0.15, 0.2) is 0 Å². The summed E-state index contributed by atoms with van der Waals surface area (Å²) in [7, 11) is 0. The Kier molecular flexibility index (Phi) is 3.58. The lowest BCUT2D eigenvalue weighted by Gasteiger charge is -2.39. The lowest BCUT2D eigenvalue weighted by atomic mass is 9.78. The van der Waals surface area contributed by atoms with Crippen molar-refractivity contribution in [1.82, 2.24) is 10.2 Å². The molecule has 1 heterocycles. The van der Waals surface area contributed by atoms with Gasteiger partial charge >= 0.3 is 0 Å². The number of nitrogens with zero attached hydrogens (tertiary/aromatic N) is 1. The average molecular weight is 276 g/mol. The minimum absolute atomic E-state index is 0.734. The maximum Gasteiger partial charge on any atom is 0.0103 e. The molecule has 0 amide bonds. The van der Waals surface area contributed by atoms with Gasteiger partial charge in [-0.15, -0.1) is 0 Å². The quantitative estimate of drug-likeness (QED) is 0.851. The van der Waals surface area contributed by atoms with Gasteiger partial charge in [-0.3, -0.25) is 0 Å². The second kappa shape index (κ2) is 5.28. The van der Waals surface area contributed by atoms with Crippen LogP contribution in [0.5, 0.6) is 0 Å². The van der Waals surface area contributed by atoms with E-state index in [1.165, 1.54) is 38.8 Å². The van der Waals surface area contributed by atoms with Crippen molar-refractivity contribution in [1.29, 1.82) is 0 Å². The molecule has 4 fully saturated rings. The summed E-state index contributed by atoms with van der Waals surface area (Å²) in [4.78, 5) is 2.64. The van der Waals surface area contributed by atoms with Gasteiger partial charge in [-0.2, -0.15) is 0 Å². The maximum absolute atomic E-state index is 4.09. The van der Waals surface area contributed by atoms with Crippen molar-refractivity contribution in [3.8, 4) is 0 Å². The van der Waals surface area contributed by atoms with Crippen molar-refractivity contribution in [2.45, 2.75) is 76.9 Å². The number of piperidine rings is 1. The first kappa shape index (κ1) is 13.6. The van der Waals surface area contributed by atoms with Crippen molar-refractivity contribution in [2.24, 2.45) is 23.7 Å². The number of hydrogen-bond donors (Lipinski definition) is 1. The average Bonchev–Trinajstić information content (AvgIpc) is 3.11. The summed E-state index contributed by atoms with van der Waals surface area (Å²) in [6.07, 6.45) is 10.5. The molecular weight excluding hydrogens is 244 g/mol. The summed E-state index contributed by atoms with van der Waals surface area (Å²) in [6.45, 7) is 7.29. The molecule has 0 spiro atoms. The van der Waals surface area contributed by atoms with E-state index in [0.717, 1.165) is 41.8 Å². The largest absolute Gasteiger partial charge is 0.311 e. The Morgan fingerprint density at radius 2 is 1.65 bits per heavy atom. The zero-order valence-electron chi connectivity index (χ0n) is 13.4. The molecule has 4 aliphatic rings. The molecule has 5 atom stereocenters. The molecule has 114 valence electrons. The van der Waals surface area contributed by atoms with Crippen LogP contribution in [0.1, 0.15) is 58.8 Å². The summed E-state index contributed by atoms with van der Waals surface area (Å²) in [5.41, 5.74) is 0. The van der Waals surface area contributed by atoms with E-state index in [0.29, 0.717) is 0 Å². The molecule has 2 nitrogen and oxygen atoms in total. The number of fused-ring (bicyclic) bond motifs is 5. The van der Waals surface area contributed by atoms with E-state index >= 15 is 0 Å². The second-order valence-corrected chi connectivity index (χ2v) is 8.33. The SMILES string of the molecule is CC(C)N1CCC(NC2CC3CC2C2CCCC32)CC1. The molecule has 4 rings (SSSR count). The van der Waals surface area contributed by atoms with E-state index in [2.05, 4.69) is 24.1 Å². The van der Waals surface area contributed by atoms with Gasteiger partial charge in [0.25, 0.3) is 0 Å². The number of rotatable bonds is 3. The molecule has 1 aliphatic heterocycles. The van der Waals surface area contributed by atoms with Crippen LogP contribution in [0.3, 0.4) is 0 Å². The Bertz CT molecular complexity index is 345. The summed E-state index contributed by atoms with van der Waals surface area (Å²) in [5, 5.41) is 4.09. The van der Waals surface area contributed by atoms with Crippen LogP contribution in [-0.4, -0.2) is 36.1 Å². The summed E-state index contributed by atoms with van der Waals surface area (Å²) >= 11 is 0. The molecule has 3 saturated carbocycles. The minimum Gasteiger partial charge on any atom is -0.311 e. The fourth-order valence-corrected chi connectivity index (χ4v) is 6.14. The molecule has 2 bridgehead atoms. The first-order valence-electron chi connectivity index (χ1n) is 9.22. The van der Waals surface area contributed by atoms with Gasteiger partial charge in [0.2, 0.25) is 0 Å². The highest BCUT2D eigenvalue weighted by atomic mass is 15.2. The second-order valence-electron chi connectivity index (χ2n) is 8.33. The fraction of sp³-hybridized carbons (Fsp3) is 1.00. The highest BCUT2D eigenvalue weighted by Crippen LogP contribution is 2.58. The standard InChI is InChI=1S/C18H32N2/c1-12(2)20-8-6-14(7-9-20)19-18-11-13-10-17(18)16-5-3-4-15(13)16/h12-19H,3-11H2,1-2H3. The third-order valence-electron chi connectivity index (χ3n) is 7.14. The van der Waals surface area contributed by atoms with Crippen LogP contribution < -0.4 is 5.32 Å². The summed E-state index contributed by atoms with van der Waals surface area (Å²) < 4.78 is 0. The first-order chi connectivity index (χ1) is 9.72. The number of likely N-dealkylation sites (tertiary alicyclic amines) is 1. The molecule has 2 heteroatoms. The van der Waals surface area contributed by atoms with Gasteiger partial charge in [-0.25, -0.2) is 0 Å². The third-order valence-corrected chi connectivity index (χ3v) is 7.14. The van der Waals surface area contributed by atoms with Gasteiger partial charge in [0.05, 0.1) is 0 Å². The van der Waals surface area contributed by atoms with E-state index in [4.69, 9.17) is 0 Å². The van der Waals surface area contributed by atoms with E-state index < -0.39 is 0 Å². The Morgan fingerprint density at radius 3 is 2.40 bits per heavy atom. The molecule has 0 aromatic carbocycles. The van der Waals surface area contributed by atoms with E-state index in [-0.39, 0.29) is 0 Å². The zero-order chi connectivity index (χ0) is 13.7. The van der Waals surface area contributed by atoms with Gasteiger partial charge in [-0.1, -0.05) is 6.42 Å². The van der Waals surface area contributed by atoms with Gasteiger partial charge in [0, 0.05) is 18.1 Å². The van der Waals surface area contributed by atoms with E-state index in [9.17, 15) is 0 Å². The topological polar surface area (TPSA) is 15.3 Å². The Balaban J connectivity index is 1.31. The third kappa shape index (κ3) is 2.23. The highest BCUT2D eigenvalue weighted by molar-refractivity contribution is 5.06. The van der Waals surface area contributed by atoms with Crippen LogP contribution in [0.25, 0.3) is 0 Å². The van der Waals surface area contributed by atoms with Crippen molar-refractivity contribution >= 4 is 0 Å². The molecule has 3 aliphatic carbocycles. The fourth-order valence-electron chi connectivity index (χ4n) is 6.14. The molecule has 1 N–H and O–H groups in total. The first-order valence-corrected chi connectivity index (χ1v) is 9.22. The van der Waals surface area contributed by atoms with Gasteiger partial charge in [-0.05, 0) is 89.1 Å². The molecule has 0 aromatic rings. The van der Waals surface area contributed by atoms with Crippen LogP contribution in [0, 0.1) is 23.7 Å². The van der Waals surface area contributed by atoms with E-state index in [1.807, 2.05) is 0 Å². The summed E-state index contributed by atoms with van der Waals surface area (Å²) in [6, 6.07) is 2.43. The van der Waals surface area contributed by atoms with Crippen LogP contribution in [0.15, 0.2) is 0 Å². The van der Waals surface area contributed by atoms with Crippen molar-refractivity contribution in [3.63, 3.8) is 0 Å². The van der Waals surface area contributed by atoms with Crippen molar-refractivity contribution in [2.75, 3.05) is 13.1 Å². The predicted molar refractivity (Wildman–Crippen MR) is 83.7 cm³/mol. The minimum atomic E-state index is 0.734. The molecular formula is C18H32N2. The summed E-state index contributed by atoms with van der Waals surface area (Å²) in [5.74, 6) is 4.40. The predicted octanol–water partition coefficient (Wildman–Crippen LogP) is 3.27. The van der Waals surface area contributed by atoms with E-state index in [1.54, 1.807) is 19.3 Å². The molecule has 5 unspecified atom stereocenters. The van der Waals surface area contributed by atoms with Crippen LogP contribution >= 0.6 is 0 Å². The van der Waals surface area contributed by atoms with Gasteiger partial charge < -0.3 is 10.2 Å². The lowest BCUT2D eigenvalue weighted by Crippen LogP contribution is -2.50. The monoisotopic (exact) mass is 276 g/mol. The van der Waals surface area contributed by atoms with Crippen molar-refractivity contribution in [3.05, 3.63) is 0 Å². The number of hydrogen-bond acceptors (Lipinski definition) is 2. The molecule has 20 heavy (non-hydrogen) atoms. The number of nitrogens with one attached hydrogen (secondary N) is 1. The smallest absolute Gasteiger partial charge is 0.0103 e. The molecule has 0 aromatic heterocycles. The van der Waals surface area contributed by atoms with Crippen molar-refractivity contribution < 1.29 is 0 Å². The normalized spacial score (nSPS) is 45.5. The Hall–Kier alpha value is -0.0800.